The second-order valence-corrected chi connectivity index (χ2v) is 7.40. The molecule has 5 heteroatoms. The zero-order chi connectivity index (χ0) is 17.4. The summed E-state index contributed by atoms with van der Waals surface area (Å²) in [5.74, 6) is 2.28. The minimum atomic E-state index is 0.175. The summed E-state index contributed by atoms with van der Waals surface area (Å²) in [5.41, 5.74) is 4.54. The van der Waals surface area contributed by atoms with E-state index in [9.17, 15) is 0 Å². The second-order valence-electron chi connectivity index (χ2n) is 7.40. The normalized spacial score (nSPS) is 13.9. The van der Waals surface area contributed by atoms with Gasteiger partial charge in [-0.2, -0.15) is 0 Å². The van der Waals surface area contributed by atoms with Gasteiger partial charge in [0.1, 0.15) is 13.2 Å². The summed E-state index contributed by atoms with van der Waals surface area (Å²) in [6.45, 7) is 8.56. The van der Waals surface area contributed by atoms with Crippen molar-refractivity contribution in [3.63, 3.8) is 0 Å². The predicted octanol–water partition coefficient (Wildman–Crippen LogP) is 4.24. The lowest BCUT2D eigenvalue weighted by Gasteiger charge is -2.19. The Morgan fingerprint density at radius 2 is 1.72 bits per heavy atom. The molecule has 25 heavy (non-hydrogen) atoms. The average Bonchev–Trinajstić information content (AvgIpc) is 2.99. The minimum absolute atomic E-state index is 0.175. The number of nitrogens with zero attached hydrogens (tertiary/aromatic N) is 1. The molecule has 4 rings (SSSR count). The van der Waals surface area contributed by atoms with Crippen LogP contribution in [-0.4, -0.2) is 23.2 Å². The van der Waals surface area contributed by atoms with Crippen LogP contribution in [0.25, 0.3) is 11.0 Å². The first-order chi connectivity index (χ1) is 12.0. The molecule has 1 aromatic heterocycles. The van der Waals surface area contributed by atoms with Crippen molar-refractivity contribution in [1.29, 1.82) is 0 Å². The molecule has 1 aliphatic rings. The van der Waals surface area contributed by atoms with Gasteiger partial charge in [-0.3, -0.25) is 0 Å². The van der Waals surface area contributed by atoms with Gasteiger partial charge in [-0.1, -0.05) is 45.0 Å². The first-order valence-electron chi connectivity index (χ1n) is 8.62. The molecule has 0 bridgehead atoms. The Morgan fingerprint density at radius 3 is 2.40 bits per heavy atom. The Labute approximate surface area is 147 Å². The molecule has 3 aromatic rings. The largest absolute Gasteiger partial charge is 0.486 e. The number of hydrogen-bond acceptors (Lipinski definition) is 4. The van der Waals surface area contributed by atoms with Crippen LogP contribution in [-0.2, 0) is 12.0 Å². The molecule has 0 atom stereocenters. The smallest absolute Gasteiger partial charge is 0.201 e. The molecule has 1 aliphatic heterocycles. The van der Waals surface area contributed by atoms with Crippen LogP contribution in [0.5, 0.6) is 11.5 Å². The number of nitrogens with one attached hydrogen (secondary N) is 2. The quantitative estimate of drug-likeness (QED) is 0.750. The number of anilines is 1. The average molecular weight is 337 g/mol. The number of hydrogen-bond donors (Lipinski definition) is 2. The Balaban J connectivity index is 1.49. The first kappa shape index (κ1) is 15.8. The lowest BCUT2D eigenvalue weighted by Crippen LogP contribution is -2.15. The van der Waals surface area contributed by atoms with Crippen molar-refractivity contribution in [3.05, 3.63) is 47.5 Å². The van der Waals surface area contributed by atoms with Gasteiger partial charge in [-0.05, 0) is 16.5 Å². The van der Waals surface area contributed by atoms with E-state index in [1.54, 1.807) is 0 Å². The maximum Gasteiger partial charge on any atom is 0.201 e. The molecule has 0 aliphatic carbocycles. The number of fused-ring (bicyclic) bond motifs is 2. The van der Waals surface area contributed by atoms with E-state index < -0.39 is 0 Å². The standard InChI is InChI=1S/C20H23N3O2/c1-20(2,3)14-6-4-13(5-7-14)12-21-19-22-15-10-17-18(11-16(15)23-19)25-9-8-24-17/h4-7,10-11H,8-9,12H2,1-3H3,(H2,21,22,23). The molecular weight excluding hydrogens is 314 g/mol. The van der Waals surface area contributed by atoms with Gasteiger partial charge >= 0.3 is 0 Å². The van der Waals surface area contributed by atoms with Crippen molar-refractivity contribution < 1.29 is 9.47 Å². The van der Waals surface area contributed by atoms with Crippen molar-refractivity contribution in [2.24, 2.45) is 0 Å². The second kappa shape index (κ2) is 5.99. The fourth-order valence-corrected chi connectivity index (χ4v) is 2.94. The van der Waals surface area contributed by atoms with E-state index in [1.165, 1.54) is 11.1 Å². The number of aromatic nitrogens is 2. The molecule has 0 spiro atoms. The fourth-order valence-electron chi connectivity index (χ4n) is 2.94. The Bertz CT molecular complexity index is 849. The summed E-state index contributed by atoms with van der Waals surface area (Å²) in [4.78, 5) is 7.88. The summed E-state index contributed by atoms with van der Waals surface area (Å²) >= 11 is 0. The van der Waals surface area contributed by atoms with Gasteiger partial charge in [0.25, 0.3) is 0 Å². The SMILES string of the molecule is CC(C)(C)c1ccc(CNc2nc3cc4c(cc3[nH]2)OCCO4)cc1. The zero-order valence-electron chi connectivity index (χ0n) is 14.8. The van der Waals surface area contributed by atoms with Crippen LogP contribution in [0.1, 0.15) is 31.9 Å². The van der Waals surface area contributed by atoms with Crippen molar-refractivity contribution in [2.45, 2.75) is 32.7 Å². The first-order valence-corrected chi connectivity index (χ1v) is 8.62. The van der Waals surface area contributed by atoms with Gasteiger partial charge in [-0.25, -0.2) is 4.98 Å². The molecule has 0 saturated heterocycles. The maximum atomic E-state index is 5.62. The third-order valence-electron chi connectivity index (χ3n) is 4.43. The number of rotatable bonds is 3. The number of benzene rings is 2. The molecule has 5 nitrogen and oxygen atoms in total. The summed E-state index contributed by atoms with van der Waals surface area (Å²) in [5, 5.41) is 3.35. The van der Waals surface area contributed by atoms with Crippen molar-refractivity contribution >= 4 is 17.0 Å². The van der Waals surface area contributed by atoms with Crippen LogP contribution in [0, 0.1) is 0 Å². The van der Waals surface area contributed by atoms with Crippen LogP contribution >= 0.6 is 0 Å². The van der Waals surface area contributed by atoms with Crippen LogP contribution in [0.15, 0.2) is 36.4 Å². The molecule has 2 N–H and O–H groups in total. The van der Waals surface area contributed by atoms with E-state index in [4.69, 9.17) is 9.47 Å². The number of imidazole rings is 1. The van der Waals surface area contributed by atoms with Crippen LogP contribution in [0.2, 0.25) is 0 Å². The molecule has 0 fully saturated rings. The van der Waals surface area contributed by atoms with E-state index >= 15 is 0 Å². The number of ether oxygens (including phenoxy) is 2. The van der Waals surface area contributed by atoms with Gasteiger partial charge in [0.05, 0.1) is 11.0 Å². The van der Waals surface area contributed by atoms with E-state index in [1.807, 2.05) is 12.1 Å². The van der Waals surface area contributed by atoms with Crippen LogP contribution in [0.3, 0.4) is 0 Å². The molecule has 0 radical (unpaired) electrons. The van der Waals surface area contributed by atoms with Gasteiger partial charge in [0, 0.05) is 18.7 Å². The van der Waals surface area contributed by atoms with Gasteiger partial charge in [0.2, 0.25) is 5.95 Å². The van der Waals surface area contributed by atoms with Crippen LogP contribution in [0.4, 0.5) is 5.95 Å². The number of H-pyrrole nitrogens is 1. The lowest BCUT2D eigenvalue weighted by molar-refractivity contribution is 0.172. The summed E-state index contributed by atoms with van der Waals surface area (Å²) < 4.78 is 11.2. The summed E-state index contributed by atoms with van der Waals surface area (Å²) in [6.07, 6.45) is 0. The molecular formula is C20H23N3O2. The Hall–Kier alpha value is -2.69. The Morgan fingerprint density at radius 1 is 1.04 bits per heavy atom. The van der Waals surface area contributed by atoms with Gasteiger partial charge in [0.15, 0.2) is 11.5 Å². The van der Waals surface area contributed by atoms with E-state index in [0.717, 1.165) is 35.0 Å². The van der Waals surface area contributed by atoms with E-state index in [0.29, 0.717) is 13.2 Å². The van der Waals surface area contributed by atoms with Gasteiger partial charge < -0.3 is 19.8 Å². The van der Waals surface area contributed by atoms with Crippen molar-refractivity contribution in [1.82, 2.24) is 9.97 Å². The number of aromatic amines is 1. The Kier molecular flexibility index (Phi) is 3.79. The summed E-state index contributed by atoms with van der Waals surface area (Å²) in [6, 6.07) is 12.6. The molecule has 130 valence electrons. The van der Waals surface area contributed by atoms with E-state index in [2.05, 4.69) is 60.3 Å². The monoisotopic (exact) mass is 337 g/mol. The highest BCUT2D eigenvalue weighted by Gasteiger charge is 2.15. The fraction of sp³-hybridized carbons (Fsp3) is 0.350. The third kappa shape index (κ3) is 3.27. The molecule has 2 aromatic carbocycles. The third-order valence-corrected chi connectivity index (χ3v) is 4.43. The summed E-state index contributed by atoms with van der Waals surface area (Å²) in [7, 11) is 0. The molecule has 0 unspecified atom stereocenters. The van der Waals surface area contributed by atoms with Crippen LogP contribution < -0.4 is 14.8 Å². The molecule has 0 saturated carbocycles. The van der Waals surface area contributed by atoms with Gasteiger partial charge in [-0.15, -0.1) is 0 Å². The van der Waals surface area contributed by atoms with E-state index in [-0.39, 0.29) is 5.41 Å². The lowest BCUT2D eigenvalue weighted by atomic mass is 9.87. The molecule has 2 heterocycles. The van der Waals surface area contributed by atoms with Crippen molar-refractivity contribution in [2.75, 3.05) is 18.5 Å². The minimum Gasteiger partial charge on any atom is -0.486 e. The highest BCUT2D eigenvalue weighted by Crippen LogP contribution is 2.34. The predicted molar refractivity (Wildman–Crippen MR) is 99.6 cm³/mol. The highest BCUT2D eigenvalue weighted by atomic mass is 16.6. The zero-order valence-corrected chi connectivity index (χ0v) is 14.8. The maximum absolute atomic E-state index is 5.62. The van der Waals surface area contributed by atoms with Crippen molar-refractivity contribution in [3.8, 4) is 11.5 Å². The topological polar surface area (TPSA) is 59.2 Å². The molecule has 0 amide bonds. The highest BCUT2D eigenvalue weighted by molar-refractivity contribution is 5.81.